The van der Waals surface area contributed by atoms with Crippen LogP contribution in [0.5, 0.6) is 0 Å². The van der Waals surface area contributed by atoms with Crippen molar-refractivity contribution in [3.63, 3.8) is 0 Å². The lowest BCUT2D eigenvalue weighted by Crippen LogP contribution is -2.42. The lowest BCUT2D eigenvalue weighted by Gasteiger charge is -2.12. The summed E-state index contributed by atoms with van der Waals surface area (Å²) < 4.78 is 0. The van der Waals surface area contributed by atoms with Crippen LogP contribution in [0.4, 0.5) is 0 Å². The highest BCUT2D eigenvalue weighted by atomic mass is 16.2. The molecule has 4 nitrogen and oxygen atoms in total. The number of amides is 1. The number of nitrogens with one attached hydrogen (secondary N) is 1. The summed E-state index contributed by atoms with van der Waals surface area (Å²) in [5, 5.41) is 2.85. The predicted molar refractivity (Wildman–Crippen MR) is 79.1 cm³/mol. The number of aromatic nitrogens is 1. The van der Waals surface area contributed by atoms with Crippen molar-refractivity contribution in [3.05, 3.63) is 66.0 Å². The molecule has 0 unspecified atom stereocenters. The summed E-state index contributed by atoms with van der Waals surface area (Å²) in [6.45, 7) is 0.554. The minimum atomic E-state index is -0.513. The van der Waals surface area contributed by atoms with E-state index >= 15 is 0 Å². The van der Waals surface area contributed by atoms with Crippen molar-refractivity contribution in [1.29, 1.82) is 0 Å². The van der Waals surface area contributed by atoms with Crippen molar-refractivity contribution in [2.45, 2.75) is 18.9 Å². The van der Waals surface area contributed by atoms with E-state index in [0.29, 0.717) is 19.4 Å². The number of nitrogens with zero attached hydrogens (tertiary/aromatic N) is 1. The van der Waals surface area contributed by atoms with E-state index < -0.39 is 6.04 Å². The molecule has 1 aromatic heterocycles. The summed E-state index contributed by atoms with van der Waals surface area (Å²) >= 11 is 0. The van der Waals surface area contributed by atoms with Gasteiger partial charge in [0.2, 0.25) is 5.91 Å². The fourth-order valence-electron chi connectivity index (χ4n) is 1.95. The van der Waals surface area contributed by atoms with Crippen molar-refractivity contribution in [3.8, 4) is 0 Å². The van der Waals surface area contributed by atoms with Crippen LogP contribution in [-0.2, 0) is 17.6 Å². The molecule has 1 atom stereocenters. The van der Waals surface area contributed by atoms with Gasteiger partial charge >= 0.3 is 0 Å². The average molecular weight is 269 g/mol. The van der Waals surface area contributed by atoms with Gasteiger partial charge in [-0.15, -0.1) is 0 Å². The van der Waals surface area contributed by atoms with Crippen molar-refractivity contribution in [2.24, 2.45) is 5.73 Å². The number of carbonyl (C=O) groups excluding carboxylic acids is 1. The number of hydrogen-bond donors (Lipinski definition) is 2. The fourth-order valence-corrected chi connectivity index (χ4v) is 1.95. The first-order valence-electron chi connectivity index (χ1n) is 6.73. The molecule has 1 aromatic carbocycles. The van der Waals surface area contributed by atoms with Crippen LogP contribution in [0, 0.1) is 0 Å². The maximum Gasteiger partial charge on any atom is 0.237 e. The van der Waals surface area contributed by atoms with Crippen molar-refractivity contribution in [1.82, 2.24) is 10.3 Å². The molecular weight excluding hydrogens is 250 g/mol. The monoisotopic (exact) mass is 269 g/mol. The second-order valence-electron chi connectivity index (χ2n) is 4.66. The molecule has 1 amide bonds. The molecule has 0 aliphatic heterocycles. The molecule has 0 aliphatic carbocycles. The van der Waals surface area contributed by atoms with E-state index in [1.807, 2.05) is 48.5 Å². The first-order valence-corrected chi connectivity index (χ1v) is 6.73. The molecule has 1 heterocycles. The van der Waals surface area contributed by atoms with Gasteiger partial charge in [0, 0.05) is 24.9 Å². The van der Waals surface area contributed by atoms with Gasteiger partial charge in [-0.05, 0) is 24.1 Å². The largest absolute Gasteiger partial charge is 0.354 e. The van der Waals surface area contributed by atoms with Crippen LogP contribution in [0.1, 0.15) is 11.3 Å². The Morgan fingerprint density at radius 3 is 2.60 bits per heavy atom. The molecule has 4 heteroatoms. The summed E-state index contributed by atoms with van der Waals surface area (Å²) in [4.78, 5) is 16.1. The van der Waals surface area contributed by atoms with Crippen LogP contribution in [0.15, 0.2) is 54.7 Å². The smallest absolute Gasteiger partial charge is 0.237 e. The number of hydrogen-bond acceptors (Lipinski definition) is 3. The van der Waals surface area contributed by atoms with Gasteiger partial charge < -0.3 is 11.1 Å². The molecule has 0 bridgehead atoms. The molecule has 0 fully saturated rings. The quantitative estimate of drug-likeness (QED) is 0.831. The van der Waals surface area contributed by atoms with Gasteiger partial charge in [-0.25, -0.2) is 0 Å². The Hall–Kier alpha value is -2.20. The van der Waals surface area contributed by atoms with E-state index in [1.165, 1.54) is 0 Å². The number of pyridine rings is 1. The van der Waals surface area contributed by atoms with Gasteiger partial charge in [-0.1, -0.05) is 36.4 Å². The minimum Gasteiger partial charge on any atom is -0.354 e. The van der Waals surface area contributed by atoms with Crippen LogP contribution in [0.2, 0.25) is 0 Å². The zero-order valence-corrected chi connectivity index (χ0v) is 11.3. The molecular formula is C16H19N3O. The number of nitrogens with two attached hydrogens (primary N) is 1. The van der Waals surface area contributed by atoms with Crippen molar-refractivity contribution in [2.75, 3.05) is 6.54 Å². The average Bonchev–Trinajstić information content (AvgIpc) is 2.49. The van der Waals surface area contributed by atoms with Gasteiger partial charge in [-0.2, -0.15) is 0 Å². The zero-order valence-electron chi connectivity index (χ0n) is 11.3. The Labute approximate surface area is 119 Å². The third-order valence-corrected chi connectivity index (χ3v) is 3.04. The maximum atomic E-state index is 11.9. The number of benzene rings is 1. The highest BCUT2D eigenvalue weighted by molar-refractivity contribution is 5.81. The SMILES string of the molecule is N[C@H](Cc1ccccc1)C(=O)NCCc1ccccn1. The van der Waals surface area contributed by atoms with Gasteiger partial charge in [0.25, 0.3) is 0 Å². The third-order valence-electron chi connectivity index (χ3n) is 3.04. The van der Waals surface area contributed by atoms with E-state index in [1.54, 1.807) is 6.20 Å². The molecule has 0 radical (unpaired) electrons. The van der Waals surface area contributed by atoms with Gasteiger partial charge in [0.15, 0.2) is 0 Å². The molecule has 2 aromatic rings. The van der Waals surface area contributed by atoms with Gasteiger partial charge in [0.05, 0.1) is 6.04 Å². The Morgan fingerprint density at radius 2 is 1.90 bits per heavy atom. The minimum absolute atomic E-state index is 0.121. The van der Waals surface area contributed by atoms with Crippen molar-refractivity contribution < 1.29 is 4.79 Å². The number of rotatable bonds is 6. The fraction of sp³-hybridized carbons (Fsp3) is 0.250. The topological polar surface area (TPSA) is 68.0 Å². The summed E-state index contributed by atoms with van der Waals surface area (Å²) in [6, 6.07) is 15.0. The van der Waals surface area contributed by atoms with Crippen LogP contribution in [0.3, 0.4) is 0 Å². The van der Waals surface area contributed by atoms with Crippen molar-refractivity contribution >= 4 is 5.91 Å². The Bertz CT molecular complexity index is 528. The lowest BCUT2D eigenvalue weighted by atomic mass is 10.1. The molecule has 2 rings (SSSR count). The molecule has 0 saturated carbocycles. The zero-order chi connectivity index (χ0) is 14.2. The summed E-state index contributed by atoms with van der Waals surface area (Å²) in [7, 11) is 0. The molecule has 0 saturated heterocycles. The van der Waals surface area contributed by atoms with Crippen LogP contribution in [0.25, 0.3) is 0 Å². The van der Waals surface area contributed by atoms with Crippen LogP contribution < -0.4 is 11.1 Å². The Morgan fingerprint density at radius 1 is 1.15 bits per heavy atom. The molecule has 0 aliphatic rings. The standard InChI is InChI=1S/C16H19N3O/c17-15(12-13-6-2-1-3-7-13)16(20)19-11-9-14-8-4-5-10-18-14/h1-8,10,15H,9,11-12,17H2,(H,19,20)/t15-/m1/s1. The summed E-state index contributed by atoms with van der Waals surface area (Å²) in [5.41, 5.74) is 7.93. The molecule has 0 spiro atoms. The van der Waals surface area contributed by atoms with E-state index in [2.05, 4.69) is 10.3 Å². The highest BCUT2D eigenvalue weighted by Crippen LogP contribution is 2.02. The normalized spacial score (nSPS) is 11.8. The van der Waals surface area contributed by atoms with E-state index in [9.17, 15) is 4.79 Å². The highest BCUT2D eigenvalue weighted by Gasteiger charge is 2.13. The molecule has 20 heavy (non-hydrogen) atoms. The van der Waals surface area contributed by atoms with E-state index in [4.69, 9.17) is 5.73 Å². The van der Waals surface area contributed by atoms with E-state index in [-0.39, 0.29) is 5.91 Å². The lowest BCUT2D eigenvalue weighted by molar-refractivity contribution is -0.122. The number of carbonyl (C=O) groups is 1. The Balaban J connectivity index is 1.74. The molecule has 104 valence electrons. The maximum absolute atomic E-state index is 11.9. The van der Waals surface area contributed by atoms with Crippen LogP contribution in [-0.4, -0.2) is 23.5 Å². The second kappa shape index (κ2) is 7.40. The van der Waals surface area contributed by atoms with Crippen LogP contribution >= 0.6 is 0 Å². The summed E-state index contributed by atoms with van der Waals surface area (Å²) in [6.07, 6.45) is 3.01. The van der Waals surface area contributed by atoms with Gasteiger partial charge in [-0.3, -0.25) is 9.78 Å². The Kier molecular flexibility index (Phi) is 5.26. The molecule has 3 N–H and O–H groups in total. The first kappa shape index (κ1) is 14.2. The third kappa shape index (κ3) is 4.48. The predicted octanol–water partition coefficient (Wildman–Crippen LogP) is 1.31. The van der Waals surface area contributed by atoms with Gasteiger partial charge in [0.1, 0.15) is 0 Å². The second-order valence-corrected chi connectivity index (χ2v) is 4.66. The first-order chi connectivity index (χ1) is 9.75. The van der Waals surface area contributed by atoms with E-state index in [0.717, 1.165) is 11.3 Å². The summed E-state index contributed by atoms with van der Waals surface area (Å²) in [5.74, 6) is -0.121.